The number of nitro groups is 1. The van der Waals surface area contributed by atoms with E-state index in [2.05, 4.69) is 6.92 Å². The maximum absolute atomic E-state index is 10.8. The van der Waals surface area contributed by atoms with Gasteiger partial charge < -0.3 is 0 Å². The first kappa shape index (κ1) is 21.1. The number of nitrogens with zero attached hydrogens (tertiary/aromatic N) is 1. The monoisotopic (exact) mass is 313 g/mol. The molecule has 1 amide bonds. The van der Waals surface area contributed by atoms with Crippen LogP contribution in [0.3, 0.4) is 0 Å². The van der Waals surface area contributed by atoms with Crippen molar-refractivity contribution < 1.29 is 9.72 Å². The average Bonchev–Trinajstić information content (AvgIpc) is 2.50. The van der Waals surface area contributed by atoms with Crippen molar-refractivity contribution in [3.8, 4) is 0 Å². The topological polar surface area (TPSA) is 60.2 Å². The fraction of sp³-hybridized carbons (Fsp3) is 0.944. The maximum atomic E-state index is 10.8. The molecule has 0 aromatic carbocycles. The Morgan fingerprint density at radius 2 is 1.00 bits per heavy atom. The molecule has 0 bridgehead atoms. The molecular formula is C18H35NO3. The molecule has 4 heteroatoms. The number of carbonyl (C=O) groups excluding carboxylic acids is 1. The first-order valence-corrected chi connectivity index (χ1v) is 9.35. The molecule has 0 atom stereocenters. The van der Waals surface area contributed by atoms with Gasteiger partial charge in [-0.1, -0.05) is 96.8 Å². The Morgan fingerprint density at radius 1 is 0.682 bits per heavy atom. The predicted molar refractivity (Wildman–Crippen MR) is 91.5 cm³/mol. The van der Waals surface area contributed by atoms with Crippen molar-refractivity contribution in [3.05, 3.63) is 10.1 Å². The SMILES string of the molecule is CCCCCCCCCCCCCCCCCC(=O)[N+](=O)[O-]. The van der Waals surface area contributed by atoms with E-state index in [1.165, 1.54) is 77.0 Å². The van der Waals surface area contributed by atoms with Crippen LogP contribution in [0.2, 0.25) is 0 Å². The van der Waals surface area contributed by atoms with Gasteiger partial charge >= 0.3 is 5.91 Å². The Bertz CT molecular complexity index is 280. The summed E-state index contributed by atoms with van der Waals surface area (Å²) in [6.07, 6.45) is 19.0. The van der Waals surface area contributed by atoms with E-state index >= 15 is 0 Å². The lowest BCUT2D eigenvalue weighted by molar-refractivity contribution is -0.402. The minimum Gasteiger partial charge on any atom is -0.256 e. The molecule has 4 nitrogen and oxygen atoms in total. The number of hydrogen-bond donors (Lipinski definition) is 0. The molecule has 22 heavy (non-hydrogen) atoms. The van der Waals surface area contributed by atoms with Crippen LogP contribution >= 0.6 is 0 Å². The quantitative estimate of drug-likeness (QED) is 0.198. The van der Waals surface area contributed by atoms with Gasteiger partial charge in [-0.25, -0.2) is 4.79 Å². The van der Waals surface area contributed by atoms with Gasteiger partial charge in [0.25, 0.3) is 0 Å². The summed E-state index contributed by atoms with van der Waals surface area (Å²) in [5, 5.41) is 10.1. The van der Waals surface area contributed by atoms with Crippen LogP contribution in [0.25, 0.3) is 0 Å². The third-order valence-electron chi connectivity index (χ3n) is 4.20. The van der Waals surface area contributed by atoms with E-state index in [9.17, 15) is 14.9 Å². The Labute approximate surface area is 136 Å². The predicted octanol–water partition coefficient (Wildman–Crippen LogP) is 6.05. The van der Waals surface area contributed by atoms with E-state index in [0.717, 1.165) is 12.8 Å². The molecule has 0 aliphatic heterocycles. The third kappa shape index (κ3) is 15.5. The second-order valence-electron chi connectivity index (χ2n) is 6.35. The first-order valence-electron chi connectivity index (χ1n) is 9.35. The minimum absolute atomic E-state index is 0.102. The summed E-state index contributed by atoms with van der Waals surface area (Å²) >= 11 is 0. The Kier molecular flexibility index (Phi) is 15.7. The van der Waals surface area contributed by atoms with Crippen molar-refractivity contribution in [3.63, 3.8) is 0 Å². The molecule has 0 rings (SSSR count). The van der Waals surface area contributed by atoms with Gasteiger partial charge in [0.1, 0.15) is 4.92 Å². The highest BCUT2D eigenvalue weighted by molar-refractivity contribution is 5.66. The summed E-state index contributed by atoms with van der Waals surface area (Å²) in [5.41, 5.74) is 0. The van der Waals surface area contributed by atoms with Gasteiger partial charge in [0.15, 0.2) is 0 Å². The fourth-order valence-electron chi connectivity index (χ4n) is 2.74. The zero-order valence-corrected chi connectivity index (χ0v) is 14.5. The Hall–Kier alpha value is -0.930. The van der Waals surface area contributed by atoms with Crippen LogP contribution in [0.1, 0.15) is 110 Å². The van der Waals surface area contributed by atoms with Crippen LogP contribution in [0.4, 0.5) is 0 Å². The van der Waals surface area contributed by atoms with Gasteiger partial charge in [0.05, 0.1) is 6.42 Å². The number of rotatable bonds is 16. The highest BCUT2D eigenvalue weighted by Gasteiger charge is 2.12. The molecule has 0 saturated heterocycles. The first-order chi connectivity index (χ1) is 10.7. The molecule has 0 spiro atoms. The highest BCUT2D eigenvalue weighted by atomic mass is 16.6. The van der Waals surface area contributed by atoms with Crippen molar-refractivity contribution in [2.24, 2.45) is 0 Å². The molecule has 0 aromatic heterocycles. The molecule has 0 aromatic rings. The van der Waals surface area contributed by atoms with Gasteiger partial charge in [-0.2, -0.15) is 0 Å². The van der Waals surface area contributed by atoms with Crippen molar-refractivity contribution in [2.75, 3.05) is 0 Å². The van der Waals surface area contributed by atoms with Crippen molar-refractivity contribution in [1.29, 1.82) is 0 Å². The Morgan fingerprint density at radius 3 is 1.32 bits per heavy atom. The minimum atomic E-state index is -0.838. The zero-order valence-electron chi connectivity index (χ0n) is 14.5. The molecule has 0 aliphatic rings. The van der Waals surface area contributed by atoms with Crippen LogP contribution in [0.5, 0.6) is 0 Å². The summed E-state index contributed by atoms with van der Waals surface area (Å²) < 4.78 is 0. The molecule has 0 heterocycles. The number of hydrogen-bond acceptors (Lipinski definition) is 3. The Balaban J connectivity index is 3.05. The lowest BCUT2D eigenvalue weighted by Crippen LogP contribution is -2.10. The molecule has 0 aliphatic carbocycles. The van der Waals surface area contributed by atoms with E-state index < -0.39 is 10.8 Å². The van der Waals surface area contributed by atoms with Crippen molar-refractivity contribution >= 4 is 5.91 Å². The largest absolute Gasteiger partial charge is 0.444 e. The van der Waals surface area contributed by atoms with Crippen LogP contribution in [0, 0.1) is 10.1 Å². The molecular weight excluding hydrogens is 278 g/mol. The second kappa shape index (κ2) is 16.4. The molecule has 0 N–H and O–H groups in total. The standard InChI is InChI=1S/C18H35NO3/c1-2-3-4-5-6-7-8-9-10-11-12-13-14-15-16-17-18(20)19(21)22/h2-17H2,1H3. The molecule has 0 fully saturated rings. The number of carbonyl (C=O) groups is 1. The highest BCUT2D eigenvalue weighted by Crippen LogP contribution is 2.13. The van der Waals surface area contributed by atoms with E-state index in [4.69, 9.17) is 0 Å². The average molecular weight is 313 g/mol. The summed E-state index contributed by atoms with van der Waals surface area (Å²) in [6.45, 7) is 2.26. The molecule has 0 radical (unpaired) electrons. The summed E-state index contributed by atoms with van der Waals surface area (Å²) in [5.74, 6) is -0.838. The van der Waals surface area contributed by atoms with Gasteiger partial charge in [-0.15, -0.1) is 0 Å². The van der Waals surface area contributed by atoms with Crippen molar-refractivity contribution in [2.45, 2.75) is 110 Å². The molecule has 0 unspecified atom stereocenters. The number of amides is 1. The second-order valence-corrected chi connectivity index (χ2v) is 6.35. The number of unbranched alkanes of at least 4 members (excludes halogenated alkanes) is 14. The van der Waals surface area contributed by atoms with E-state index in [-0.39, 0.29) is 6.42 Å². The van der Waals surface area contributed by atoms with Crippen LogP contribution in [0.15, 0.2) is 0 Å². The van der Waals surface area contributed by atoms with Crippen molar-refractivity contribution in [1.82, 2.24) is 0 Å². The smallest absolute Gasteiger partial charge is 0.256 e. The summed E-state index contributed by atoms with van der Waals surface area (Å²) in [4.78, 5) is 20.1. The summed E-state index contributed by atoms with van der Waals surface area (Å²) in [6, 6.07) is 0. The van der Waals surface area contributed by atoms with Crippen LogP contribution in [-0.4, -0.2) is 10.8 Å². The zero-order chi connectivity index (χ0) is 16.5. The molecule has 0 saturated carbocycles. The lowest BCUT2D eigenvalue weighted by Gasteiger charge is -2.03. The normalized spacial score (nSPS) is 10.8. The van der Waals surface area contributed by atoms with Crippen LogP contribution in [-0.2, 0) is 4.79 Å². The molecule has 130 valence electrons. The summed E-state index contributed by atoms with van der Waals surface area (Å²) in [7, 11) is 0. The fourth-order valence-corrected chi connectivity index (χ4v) is 2.74. The van der Waals surface area contributed by atoms with E-state index in [1.54, 1.807) is 0 Å². The maximum Gasteiger partial charge on any atom is 0.444 e. The van der Waals surface area contributed by atoms with Gasteiger partial charge in [0, 0.05) is 0 Å². The van der Waals surface area contributed by atoms with Crippen LogP contribution < -0.4 is 0 Å². The lowest BCUT2D eigenvalue weighted by atomic mass is 10.0. The van der Waals surface area contributed by atoms with E-state index in [1.807, 2.05) is 0 Å². The third-order valence-corrected chi connectivity index (χ3v) is 4.20. The van der Waals surface area contributed by atoms with Gasteiger partial charge in [-0.3, -0.25) is 10.1 Å². The van der Waals surface area contributed by atoms with Gasteiger partial charge in [0.2, 0.25) is 0 Å². The van der Waals surface area contributed by atoms with Gasteiger partial charge in [-0.05, 0) is 6.42 Å². The van der Waals surface area contributed by atoms with E-state index in [0.29, 0.717) is 6.42 Å².